The van der Waals surface area contributed by atoms with Gasteiger partial charge >= 0.3 is 5.56 Å². The Morgan fingerprint density at radius 2 is 2.09 bits per heavy atom. The molecule has 1 aromatic heterocycles. The van der Waals surface area contributed by atoms with Crippen LogP contribution in [0.5, 0.6) is 0 Å². The van der Waals surface area contributed by atoms with Crippen molar-refractivity contribution in [1.29, 1.82) is 5.26 Å². The maximum atomic E-state index is 12.1. The van der Waals surface area contributed by atoms with E-state index in [0.717, 1.165) is 0 Å². The summed E-state index contributed by atoms with van der Waals surface area (Å²) in [6, 6.07) is 8.14. The van der Waals surface area contributed by atoms with Crippen molar-refractivity contribution in [2.45, 2.75) is 32.8 Å². The number of aliphatic hydroxyl groups is 1. The molecule has 0 saturated carbocycles. The quantitative estimate of drug-likeness (QED) is 0.587. The molecule has 116 valence electrons. The molecule has 0 amide bonds. The number of nitrogens with zero attached hydrogens (tertiary/aromatic N) is 2. The van der Waals surface area contributed by atoms with Crippen LogP contribution in [0.2, 0.25) is 0 Å². The van der Waals surface area contributed by atoms with E-state index >= 15 is 0 Å². The molecule has 0 radical (unpaired) electrons. The number of nitrogens with one attached hydrogen (secondary N) is 1. The van der Waals surface area contributed by atoms with Gasteiger partial charge < -0.3 is 20.4 Å². The summed E-state index contributed by atoms with van der Waals surface area (Å²) in [6.45, 7) is 5.26. The van der Waals surface area contributed by atoms with Gasteiger partial charge in [-0.1, -0.05) is 12.1 Å². The highest BCUT2D eigenvalue weighted by Crippen LogP contribution is 2.19. The second kappa shape index (κ2) is 5.67. The lowest BCUT2D eigenvalue weighted by Gasteiger charge is -2.24. The number of rotatable bonds is 3. The molecule has 3 N–H and O–H groups in total. The van der Waals surface area contributed by atoms with Gasteiger partial charge in [0, 0.05) is 5.39 Å². The van der Waals surface area contributed by atoms with Crippen LogP contribution >= 0.6 is 0 Å². The predicted octanol–water partition coefficient (Wildman–Crippen LogP) is 1.61. The molecule has 0 aliphatic rings. The van der Waals surface area contributed by atoms with Crippen LogP contribution in [0.15, 0.2) is 29.1 Å². The number of pyridine rings is 1. The van der Waals surface area contributed by atoms with Crippen LogP contribution in [-0.4, -0.2) is 27.1 Å². The number of hydrogen-bond acceptors (Lipinski definition) is 6. The Balaban J connectivity index is 2.48. The number of para-hydroxylation sites is 1. The van der Waals surface area contributed by atoms with Crippen molar-refractivity contribution < 1.29 is 15.1 Å². The van der Waals surface area contributed by atoms with Crippen LogP contribution < -0.4 is 10.9 Å². The molecular formula is C15H17N3O4. The molecular weight excluding hydrogens is 286 g/mol. The van der Waals surface area contributed by atoms with Gasteiger partial charge in [0.25, 0.3) is 0 Å². The van der Waals surface area contributed by atoms with Gasteiger partial charge in [0.15, 0.2) is 0 Å². The fourth-order valence-corrected chi connectivity index (χ4v) is 2.04. The van der Waals surface area contributed by atoms with E-state index in [4.69, 9.17) is 10.00 Å². The van der Waals surface area contributed by atoms with E-state index in [9.17, 15) is 15.1 Å². The lowest BCUT2D eigenvalue weighted by molar-refractivity contribution is -0.148. The zero-order chi connectivity index (χ0) is 16.5. The summed E-state index contributed by atoms with van der Waals surface area (Å²) in [4.78, 5) is 12.1. The first kappa shape index (κ1) is 15.8. The van der Waals surface area contributed by atoms with Crippen molar-refractivity contribution >= 4 is 16.6 Å². The Morgan fingerprint density at radius 1 is 1.41 bits per heavy atom. The molecule has 2 aromatic rings. The average molecular weight is 303 g/mol. The lowest BCUT2D eigenvalue weighted by Crippen LogP contribution is -2.35. The maximum Gasteiger partial charge on any atom is 0.306 e. The molecule has 7 nitrogen and oxygen atoms in total. The normalized spacial score (nSPS) is 12.9. The SMILES string of the molecule is CC(C)(C)OC(O)Nc1cc2cccc(C#N)c2n(O)c1=O. The molecule has 2 rings (SSSR count). The molecule has 1 unspecified atom stereocenters. The number of hydrogen-bond donors (Lipinski definition) is 3. The first-order valence-corrected chi connectivity index (χ1v) is 6.63. The fraction of sp³-hybridized carbons (Fsp3) is 0.333. The van der Waals surface area contributed by atoms with Gasteiger partial charge in [-0.05, 0) is 32.9 Å². The second-order valence-electron chi connectivity index (χ2n) is 5.76. The number of fused-ring (bicyclic) bond motifs is 1. The van der Waals surface area contributed by atoms with E-state index in [1.54, 1.807) is 32.9 Å². The van der Waals surface area contributed by atoms with Crippen molar-refractivity contribution in [2.24, 2.45) is 0 Å². The van der Waals surface area contributed by atoms with Crippen LogP contribution in [0.4, 0.5) is 5.69 Å². The van der Waals surface area contributed by atoms with Crippen LogP contribution in [0.3, 0.4) is 0 Å². The summed E-state index contributed by atoms with van der Waals surface area (Å²) in [5.74, 6) is 0. The van der Waals surface area contributed by atoms with E-state index in [-0.39, 0.29) is 16.8 Å². The van der Waals surface area contributed by atoms with Crippen LogP contribution in [-0.2, 0) is 4.74 Å². The highest BCUT2D eigenvalue weighted by molar-refractivity contribution is 5.86. The van der Waals surface area contributed by atoms with Gasteiger partial charge in [-0.3, -0.25) is 4.79 Å². The van der Waals surface area contributed by atoms with Gasteiger partial charge in [-0.25, -0.2) is 0 Å². The van der Waals surface area contributed by atoms with Crippen molar-refractivity contribution in [1.82, 2.24) is 4.73 Å². The van der Waals surface area contributed by atoms with E-state index in [1.807, 2.05) is 6.07 Å². The average Bonchev–Trinajstić information content (AvgIpc) is 2.41. The minimum absolute atomic E-state index is 0.0400. The molecule has 1 aromatic carbocycles. The number of aromatic nitrogens is 1. The summed E-state index contributed by atoms with van der Waals surface area (Å²) in [6.07, 6.45) is -1.41. The van der Waals surface area contributed by atoms with Crippen LogP contribution in [0, 0.1) is 11.3 Å². The third-order valence-electron chi connectivity index (χ3n) is 2.87. The first-order valence-electron chi connectivity index (χ1n) is 6.63. The fourth-order valence-electron chi connectivity index (χ4n) is 2.04. The number of aliphatic hydroxyl groups excluding tert-OH is 1. The van der Waals surface area contributed by atoms with Crippen molar-refractivity contribution in [3.63, 3.8) is 0 Å². The summed E-state index contributed by atoms with van der Waals surface area (Å²) >= 11 is 0. The Labute approximate surface area is 126 Å². The maximum absolute atomic E-state index is 12.1. The predicted molar refractivity (Wildman–Crippen MR) is 80.6 cm³/mol. The molecule has 0 bridgehead atoms. The Kier molecular flexibility index (Phi) is 4.08. The highest BCUT2D eigenvalue weighted by atomic mass is 16.6. The topological polar surface area (TPSA) is 108 Å². The number of benzene rings is 1. The Bertz CT molecular complexity index is 799. The van der Waals surface area contributed by atoms with E-state index in [0.29, 0.717) is 10.1 Å². The summed E-state index contributed by atoms with van der Waals surface area (Å²) < 4.78 is 5.64. The van der Waals surface area contributed by atoms with Crippen LogP contribution in [0.1, 0.15) is 26.3 Å². The van der Waals surface area contributed by atoms with Crippen molar-refractivity contribution in [2.75, 3.05) is 5.32 Å². The third kappa shape index (κ3) is 3.19. The van der Waals surface area contributed by atoms with E-state index < -0.39 is 17.6 Å². The van der Waals surface area contributed by atoms with E-state index in [1.165, 1.54) is 12.1 Å². The molecule has 0 fully saturated rings. The minimum Gasteiger partial charge on any atom is -0.425 e. The Morgan fingerprint density at radius 3 is 2.68 bits per heavy atom. The molecule has 1 atom stereocenters. The molecule has 1 heterocycles. The first-order chi connectivity index (χ1) is 10.2. The second-order valence-corrected chi connectivity index (χ2v) is 5.76. The smallest absolute Gasteiger partial charge is 0.306 e. The Hall–Kier alpha value is -2.56. The molecule has 0 aliphatic carbocycles. The standard InChI is InChI=1S/C15H17N3O4/c1-15(2,3)22-14(20)17-11-7-9-5-4-6-10(8-16)12(9)18(21)13(11)19/h4-7,14,17,20-21H,1-3H3. The zero-order valence-corrected chi connectivity index (χ0v) is 12.5. The third-order valence-corrected chi connectivity index (χ3v) is 2.87. The minimum atomic E-state index is -1.41. The van der Waals surface area contributed by atoms with Crippen molar-refractivity contribution in [3.8, 4) is 6.07 Å². The van der Waals surface area contributed by atoms with Gasteiger partial charge in [-0.2, -0.15) is 5.26 Å². The number of ether oxygens (including phenoxy) is 1. The molecule has 22 heavy (non-hydrogen) atoms. The lowest BCUT2D eigenvalue weighted by atomic mass is 10.1. The molecule has 0 aliphatic heterocycles. The van der Waals surface area contributed by atoms with Gasteiger partial charge in [0.1, 0.15) is 17.3 Å². The molecule has 7 heteroatoms. The molecule has 0 saturated heterocycles. The van der Waals surface area contributed by atoms with Crippen LogP contribution in [0.25, 0.3) is 10.9 Å². The monoisotopic (exact) mass is 303 g/mol. The summed E-state index contributed by atoms with van der Waals surface area (Å²) in [7, 11) is 0. The number of anilines is 1. The zero-order valence-electron chi connectivity index (χ0n) is 12.5. The highest BCUT2D eigenvalue weighted by Gasteiger charge is 2.19. The largest absolute Gasteiger partial charge is 0.425 e. The summed E-state index contributed by atoms with van der Waals surface area (Å²) in [5, 5.41) is 31.8. The number of nitriles is 1. The van der Waals surface area contributed by atoms with E-state index in [2.05, 4.69) is 5.32 Å². The van der Waals surface area contributed by atoms with Crippen molar-refractivity contribution in [3.05, 3.63) is 40.2 Å². The van der Waals surface area contributed by atoms with Gasteiger partial charge in [0.05, 0.1) is 11.2 Å². The molecule has 0 spiro atoms. The van der Waals surface area contributed by atoms with Gasteiger partial charge in [0.2, 0.25) is 6.41 Å². The van der Waals surface area contributed by atoms with Gasteiger partial charge in [-0.15, -0.1) is 4.73 Å². The summed E-state index contributed by atoms with van der Waals surface area (Å²) in [5.41, 5.74) is -1.15.